The predicted octanol–water partition coefficient (Wildman–Crippen LogP) is 2.25. The van der Waals surface area contributed by atoms with Gasteiger partial charge < -0.3 is 15.5 Å². The van der Waals surface area contributed by atoms with Crippen LogP contribution in [0, 0.1) is 18.6 Å². The van der Waals surface area contributed by atoms with Gasteiger partial charge in [-0.1, -0.05) is 6.07 Å². The zero-order valence-electron chi connectivity index (χ0n) is 15.0. The predicted molar refractivity (Wildman–Crippen MR) is 98.2 cm³/mol. The topological polar surface area (TPSA) is 61.4 Å². The first-order valence-corrected chi connectivity index (χ1v) is 8.75. The SMILES string of the molecule is Cc1cc(F)ccc1CC(=O)N1CCNCC1C(=O)Nc1ccc(F)cc1. The van der Waals surface area contributed by atoms with Crippen molar-refractivity contribution in [2.45, 2.75) is 19.4 Å². The summed E-state index contributed by atoms with van der Waals surface area (Å²) in [5, 5.41) is 5.83. The number of carbonyl (C=O) groups is 2. The van der Waals surface area contributed by atoms with E-state index in [0.29, 0.717) is 30.9 Å². The van der Waals surface area contributed by atoms with Gasteiger partial charge in [0.25, 0.3) is 0 Å². The van der Waals surface area contributed by atoms with Gasteiger partial charge in [-0.25, -0.2) is 8.78 Å². The van der Waals surface area contributed by atoms with Crippen LogP contribution in [0.2, 0.25) is 0 Å². The fraction of sp³-hybridized carbons (Fsp3) is 0.300. The van der Waals surface area contributed by atoms with E-state index in [2.05, 4.69) is 10.6 Å². The summed E-state index contributed by atoms with van der Waals surface area (Å²) in [5.74, 6) is -1.26. The molecular formula is C20H21F2N3O2. The Hall–Kier alpha value is -2.80. The lowest BCUT2D eigenvalue weighted by Crippen LogP contribution is -2.58. The van der Waals surface area contributed by atoms with Gasteiger partial charge in [-0.2, -0.15) is 0 Å². The molecule has 1 fully saturated rings. The summed E-state index contributed by atoms with van der Waals surface area (Å²) in [4.78, 5) is 27.0. The molecule has 1 saturated heterocycles. The second-order valence-corrected chi connectivity index (χ2v) is 6.55. The molecule has 2 N–H and O–H groups in total. The van der Waals surface area contributed by atoms with Gasteiger partial charge in [0.15, 0.2) is 0 Å². The number of amides is 2. The first-order chi connectivity index (χ1) is 12.9. The van der Waals surface area contributed by atoms with Gasteiger partial charge in [0, 0.05) is 25.3 Å². The summed E-state index contributed by atoms with van der Waals surface area (Å²) in [5.41, 5.74) is 1.90. The van der Waals surface area contributed by atoms with Crippen molar-refractivity contribution in [3.63, 3.8) is 0 Å². The number of nitrogens with one attached hydrogen (secondary N) is 2. The Bertz CT molecular complexity index is 840. The highest BCUT2D eigenvalue weighted by Gasteiger charge is 2.32. The molecule has 27 heavy (non-hydrogen) atoms. The summed E-state index contributed by atoms with van der Waals surface area (Å²) in [6.07, 6.45) is 0.104. The molecule has 7 heteroatoms. The maximum absolute atomic E-state index is 13.3. The van der Waals surface area contributed by atoms with Crippen LogP contribution in [0.15, 0.2) is 42.5 Å². The quantitative estimate of drug-likeness (QED) is 0.864. The molecule has 0 aliphatic carbocycles. The number of halogens is 2. The summed E-state index contributed by atoms with van der Waals surface area (Å²) in [6.45, 7) is 3.08. The van der Waals surface area contributed by atoms with Crippen LogP contribution in [0.25, 0.3) is 0 Å². The van der Waals surface area contributed by atoms with E-state index in [1.54, 1.807) is 13.0 Å². The van der Waals surface area contributed by atoms with E-state index in [9.17, 15) is 18.4 Å². The van der Waals surface area contributed by atoms with Gasteiger partial charge in [0.1, 0.15) is 17.7 Å². The fourth-order valence-electron chi connectivity index (χ4n) is 3.12. The summed E-state index contributed by atoms with van der Waals surface area (Å²) in [7, 11) is 0. The Morgan fingerprint density at radius 2 is 1.85 bits per heavy atom. The third-order valence-electron chi connectivity index (χ3n) is 4.62. The van der Waals surface area contributed by atoms with Crippen molar-refractivity contribution in [2.24, 2.45) is 0 Å². The van der Waals surface area contributed by atoms with Crippen molar-refractivity contribution in [3.8, 4) is 0 Å². The second-order valence-electron chi connectivity index (χ2n) is 6.55. The standard InChI is InChI=1S/C20H21F2N3O2/c1-13-10-16(22)3-2-14(13)11-19(26)25-9-8-23-12-18(25)20(27)24-17-6-4-15(21)5-7-17/h2-7,10,18,23H,8-9,11-12H2,1H3,(H,24,27). The molecule has 0 bridgehead atoms. The molecule has 0 saturated carbocycles. The average Bonchev–Trinajstić information content (AvgIpc) is 2.66. The van der Waals surface area contributed by atoms with Crippen molar-refractivity contribution >= 4 is 17.5 Å². The number of benzene rings is 2. The molecule has 0 aromatic heterocycles. The van der Waals surface area contributed by atoms with Gasteiger partial charge >= 0.3 is 0 Å². The van der Waals surface area contributed by atoms with E-state index in [0.717, 1.165) is 5.56 Å². The lowest BCUT2D eigenvalue weighted by molar-refractivity contribution is -0.139. The molecule has 1 aliphatic rings. The number of rotatable bonds is 4. The van der Waals surface area contributed by atoms with Crippen LogP contribution in [-0.2, 0) is 16.0 Å². The molecule has 142 valence electrons. The lowest BCUT2D eigenvalue weighted by Gasteiger charge is -2.35. The highest BCUT2D eigenvalue weighted by Crippen LogP contribution is 2.15. The van der Waals surface area contributed by atoms with Gasteiger partial charge in [-0.05, 0) is 54.4 Å². The zero-order valence-corrected chi connectivity index (χ0v) is 15.0. The van der Waals surface area contributed by atoms with Crippen LogP contribution in [-0.4, -0.2) is 42.4 Å². The largest absolute Gasteiger partial charge is 0.328 e. The average molecular weight is 373 g/mol. The minimum absolute atomic E-state index is 0.104. The molecular weight excluding hydrogens is 352 g/mol. The molecule has 5 nitrogen and oxygen atoms in total. The lowest BCUT2D eigenvalue weighted by atomic mass is 10.0. The van der Waals surface area contributed by atoms with Crippen LogP contribution in [0.1, 0.15) is 11.1 Å². The number of aryl methyl sites for hydroxylation is 1. The minimum atomic E-state index is -0.669. The third kappa shape index (κ3) is 4.68. The van der Waals surface area contributed by atoms with Gasteiger partial charge in [-0.15, -0.1) is 0 Å². The van der Waals surface area contributed by atoms with E-state index < -0.39 is 6.04 Å². The van der Waals surface area contributed by atoms with Crippen molar-refractivity contribution < 1.29 is 18.4 Å². The zero-order chi connectivity index (χ0) is 19.4. The molecule has 2 aromatic carbocycles. The van der Waals surface area contributed by atoms with Crippen molar-refractivity contribution in [3.05, 3.63) is 65.2 Å². The number of carbonyl (C=O) groups excluding carboxylic acids is 2. The molecule has 1 unspecified atom stereocenters. The van der Waals surface area contributed by atoms with E-state index >= 15 is 0 Å². The number of hydrogen-bond donors (Lipinski definition) is 2. The van der Waals surface area contributed by atoms with Gasteiger partial charge in [0.2, 0.25) is 11.8 Å². The Labute approximate surface area is 156 Å². The van der Waals surface area contributed by atoms with E-state index in [4.69, 9.17) is 0 Å². The van der Waals surface area contributed by atoms with Gasteiger partial charge in [-0.3, -0.25) is 9.59 Å². The van der Waals surface area contributed by atoms with Crippen LogP contribution >= 0.6 is 0 Å². The molecule has 1 aliphatic heterocycles. The first kappa shape index (κ1) is 19.0. The van der Waals surface area contributed by atoms with Crippen molar-refractivity contribution in [2.75, 3.05) is 25.0 Å². The molecule has 1 heterocycles. The number of hydrogen-bond acceptors (Lipinski definition) is 3. The summed E-state index contributed by atoms with van der Waals surface area (Å²) < 4.78 is 26.3. The van der Waals surface area contributed by atoms with Crippen LogP contribution in [0.3, 0.4) is 0 Å². The Kier molecular flexibility index (Phi) is 5.81. The van der Waals surface area contributed by atoms with Crippen LogP contribution in [0.5, 0.6) is 0 Å². The second kappa shape index (κ2) is 8.26. The molecule has 1 atom stereocenters. The Balaban J connectivity index is 1.71. The number of nitrogens with zero attached hydrogens (tertiary/aromatic N) is 1. The maximum atomic E-state index is 13.3. The van der Waals surface area contributed by atoms with Gasteiger partial charge in [0.05, 0.1) is 6.42 Å². The van der Waals surface area contributed by atoms with E-state index in [1.165, 1.54) is 41.3 Å². The maximum Gasteiger partial charge on any atom is 0.248 e. The smallest absolute Gasteiger partial charge is 0.248 e. The highest BCUT2D eigenvalue weighted by atomic mass is 19.1. The third-order valence-corrected chi connectivity index (χ3v) is 4.62. The van der Waals surface area contributed by atoms with Crippen LogP contribution < -0.4 is 10.6 Å². The Morgan fingerprint density at radius 1 is 1.15 bits per heavy atom. The van der Waals surface area contributed by atoms with Crippen molar-refractivity contribution in [1.82, 2.24) is 10.2 Å². The first-order valence-electron chi connectivity index (χ1n) is 8.75. The molecule has 0 spiro atoms. The molecule has 2 aromatic rings. The van der Waals surface area contributed by atoms with Crippen molar-refractivity contribution in [1.29, 1.82) is 0 Å². The van der Waals surface area contributed by atoms with E-state index in [1.807, 2.05) is 0 Å². The summed E-state index contributed by atoms with van der Waals surface area (Å²) in [6, 6.07) is 9.10. The number of piperazine rings is 1. The molecule has 3 rings (SSSR count). The monoisotopic (exact) mass is 373 g/mol. The highest BCUT2D eigenvalue weighted by molar-refractivity contribution is 5.97. The molecule has 0 radical (unpaired) electrons. The summed E-state index contributed by atoms with van der Waals surface area (Å²) >= 11 is 0. The fourth-order valence-corrected chi connectivity index (χ4v) is 3.12. The normalized spacial score (nSPS) is 16.9. The number of anilines is 1. The molecule has 2 amide bonds. The van der Waals surface area contributed by atoms with E-state index in [-0.39, 0.29) is 29.9 Å². The Morgan fingerprint density at radius 3 is 2.56 bits per heavy atom. The minimum Gasteiger partial charge on any atom is -0.328 e. The van der Waals surface area contributed by atoms with Crippen LogP contribution in [0.4, 0.5) is 14.5 Å².